The van der Waals surface area contributed by atoms with Gasteiger partial charge in [0.25, 0.3) is 0 Å². The number of methoxy groups -OCH3 is 1. The minimum absolute atomic E-state index is 0.558. The fourth-order valence-corrected chi connectivity index (χ4v) is 4.79. The number of para-hydroxylation sites is 1. The second-order valence-corrected chi connectivity index (χ2v) is 8.60. The normalized spacial score (nSPS) is 12.4. The van der Waals surface area contributed by atoms with E-state index in [2.05, 4.69) is 71.8 Å². The molecule has 1 aliphatic heterocycles. The molecule has 0 saturated carbocycles. The first-order valence-corrected chi connectivity index (χ1v) is 12.1. The van der Waals surface area contributed by atoms with Gasteiger partial charge in [-0.05, 0) is 61.1 Å². The van der Waals surface area contributed by atoms with E-state index in [1.165, 1.54) is 27.7 Å². The van der Waals surface area contributed by atoms with E-state index in [1.807, 2.05) is 18.2 Å². The third-order valence-corrected chi connectivity index (χ3v) is 6.72. The van der Waals surface area contributed by atoms with Crippen molar-refractivity contribution in [2.24, 2.45) is 0 Å². The van der Waals surface area contributed by atoms with Gasteiger partial charge in [0.05, 0.1) is 12.8 Å². The highest BCUT2D eigenvalue weighted by atomic mass is 16.5. The van der Waals surface area contributed by atoms with Gasteiger partial charge in [-0.2, -0.15) is 0 Å². The van der Waals surface area contributed by atoms with Crippen molar-refractivity contribution in [2.75, 3.05) is 33.4 Å². The Morgan fingerprint density at radius 2 is 1.71 bits per heavy atom. The first kappa shape index (κ1) is 22.4. The Kier molecular flexibility index (Phi) is 6.45. The molecule has 176 valence electrons. The molecule has 5 nitrogen and oxygen atoms in total. The smallest absolute Gasteiger partial charge is 0.129 e. The highest BCUT2D eigenvalue weighted by Gasteiger charge is 2.25. The van der Waals surface area contributed by atoms with Gasteiger partial charge in [-0.1, -0.05) is 38.1 Å². The van der Waals surface area contributed by atoms with Crippen molar-refractivity contribution in [1.29, 1.82) is 0 Å². The van der Waals surface area contributed by atoms with E-state index in [4.69, 9.17) is 14.2 Å². The second kappa shape index (κ2) is 9.82. The predicted octanol–water partition coefficient (Wildman–Crippen LogP) is 5.98. The highest BCUT2D eigenvalue weighted by molar-refractivity contribution is 5.94. The van der Waals surface area contributed by atoms with Crippen molar-refractivity contribution < 1.29 is 14.2 Å². The summed E-state index contributed by atoms with van der Waals surface area (Å²) in [5, 5.41) is 1.18. The molecule has 0 spiro atoms. The van der Waals surface area contributed by atoms with Crippen LogP contribution in [0.2, 0.25) is 0 Å². The van der Waals surface area contributed by atoms with Gasteiger partial charge in [-0.3, -0.25) is 0 Å². The maximum absolute atomic E-state index is 6.11. The number of hydrogen-bond donors (Lipinski definition) is 0. The lowest BCUT2D eigenvalue weighted by atomic mass is 10.0. The van der Waals surface area contributed by atoms with Gasteiger partial charge in [0, 0.05) is 35.1 Å². The molecule has 0 amide bonds. The number of hydrogen-bond acceptors (Lipinski definition) is 4. The van der Waals surface area contributed by atoms with Crippen LogP contribution in [0.1, 0.15) is 25.0 Å². The summed E-state index contributed by atoms with van der Waals surface area (Å²) >= 11 is 0. The van der Waals surface area contributed by atoms with Crippen LogP contribution < -0.4 is 14.2 Å². The van der Waals surface area contributed by atoms with Crippen molar-refractivity contribution in [3.8, 4) is 28.5 Å². The molecule has 5 rings (SSSR count). The Morgan fingerprint density at radius 1 is 0.941 bits per heavy atom. The number of fused-ring (bicyclic) bond motifs is 5. The lowest BCUT2D eigenvalue weighted by molar-refractivity contribution is 0.223. The van der Waals surface area contributed by atoms with E-state index in [9.17, 15) is 0 Å². The summed E-state index contributed by atoms with van der Waals surface area (Å²) in [4.78, 5) is 2.37. The molecule has 34 heavy (non-hydrogen) atoms. The molecule has 0 radical (unpaired) electrons. The van der Waals surface area contributed by atoms with Crippen molar-refractivity contribution in [3.63, 3.8) is 0 Å². The molecular weight excluding hydrogens is 424 g/mol. The van der Waals surface area contributed by atoms with Gasteiger partial charge in [0.15, 0.2) is 0 Å². The van der Waals surface area contributed by atoms with Gasteiger partial charge in [0.2, 0.25) is 0 Å². The Hall–Kier alpha value is -3.44. The van der Waals surface area contributed by atoms with Gasteiger partial charge < -0.3 is 23.7 Å². The van der Waals surface area contributed by atoms with Gasteiger partial charge in [0.1, 0.15) is 30.5 Å². The summed E-state index contributed by atoms with van der Waals surface area (Å²) in [6.07, 6.45) is 0. The third kappa shape index (κ3) is 4.24. The van der Waals surface area contributed by atoms with Crippen LogP contribution in [0.25, 0.3) is 22.2 Å². The zero-order valence-electron chi connectivity index (χ0n) is 20.2. The highest BCUT2D eigenvalue weighted by Crippen LogP contribution is 2.43. The lowest BCUT2D eigenvalue weighted by Crippen LogP contribution is -2.27. The standard InChI is InChI=1S/C29H32N2O3/c1-4-30(5-2)16-17-33-22-12-10-21(11-13-22)19-31-27-15-14-23(32-3)18-25(27)26-20-34-28-9-7-6-8-24(28)29(26)31/h6-15,18H,4-5,16-17,19-20H2,1-3H3. The average Bonchev–Trinajstić information content (AvgIpc) is 3.20. The van der Waals surface area contributed by atoms with E-state index < -0.39 is 0 Å². The summed E-state index contributed by atoms with van der Waals surface area (Å²) in [5.41, 5.74) is 5.99. The molecule has 4 aromatic rings. The van der Waals surface area contributed by atoms with Crippen molar-refractivity contribution in [3.05, 3.63) is 77.9 Å². The molecular formula is C29H32N2O3. The molecule has 0 unspecified atom stereocenters. The lowest BCUT2D eigenvalue weighted by Gasteiger charge is -2.21. The molecule has 1 aliphatic rings. The fourth-order valence-electron chi connectivity index (χ4n) is 4.79. The van der Waals surface area contributed by atoms with Crippen molar-refractivity contribution >= 4 is 10.9 Å². The van der Waals surface area contributed by atoms with Crippen LogP contribution >= 0.6 is 0 Å². The number of benzene rings is 3. The Bertz CT molecular complexity index is 1270. The zero-order chi connectivity index (χ0) is 23.5. The molecule has 0 N–H and O–H groups in total. The quantitative estimate of drug-likeness (QED) is 0.310. The molecule has 0 aliphatic carbocycles. The summed E-state index contributed by atoms with van der Waals surface area (Å²) < 4.78 is 20.0. The molecule has 1 aromatic heterocycles. The average molecular weight is 457 g/mol. The fraction of sp³-hybridized carbons (Fsp3) is 0.310. The van der Waals surface area contributed by atoms with Crippen molar-refractivity contribution in [1.82, 2.24) is 9.47 Å². The topological polar surface area (TPSA) is 35.9 Å². The summed E-state index contributed by atoms with van der Waals surface area (Å²) in [5.74, 6) is 2.71. The maximum atomic E-state index is 6.11. The van der Waals surface area contributed by atoms with Gasteiger partial charge >= 0.3 is 0 Å². The van der Waals surface area contributed by atoms with E-state index in [0.717, 1.165) is 49.0 Å². The van der Waals surface area contributed by atoms with E-state index in [1.54, 1.807) is 7.11 Å². The number of ether oxygens (including phenoxy) is 3. The predicted molar refractivity (Wildman–Crippen MR) is 137 cm³/mol. The van der Waals surface area contributed by atoms with Crippen LogP contribution in [0.3, 0.4) is 0 Å². The molecule has 5 heteroatoms. The molecule has 0 fully saturated rings. The molecule has 0 atom stereocenters. The summed E-state index contributed by atoms with van der Waals surface area (Å²) in [6, 6.07) is 23.1. The second-order valence-electron chi connectivity index (χ2n) is 8.60. The minimum atomic E-state index is 0.558. The van der Waals surface area contributed by atoms with Crippen LogP contribution in [0.5, 0.6) is 17.2 Å². The minimum Gasteiger partial charge on any atom is -0.497 e. The van der Waals surface area contributed by atoms with E-state index >= 15 is 0 Å². The third-order valence-electron chi connectivity index (χ3n) is 6.72. The van der Waals surface area contributed by atoms with E-state index in [-0.39, 0.29) is 0 Å². The zero-order valence-corrected chi connectivity index (χ0v) is 20.2. The summed E-state index contributed by atoms with van der Waals surface area (Å²) in [7, 11) is 1.71. The van der Waals surface area contributed by atoms with Crippen LogP contribution in [-0.4, -0.2) is 42.8 Å². The number of nitrogens with zero attached hydrogens (tertiary/aromatic N) is 2. The number of rotatable bonds is 9. The van der Waals surface area contributed by atoms with Gasteiger partial charge in [-0.15, -0.1) is 0 Å². The largest absolute Gasteiger partial charge is 0.497 e. The van der Waals surface area contributed by atoms with Crippen LogP contribution in [-0.2, 0) is 13.2 Å². The first-order valence-electron chi connectivity index (χ1n) is 12.1. The van der Waals surface area contributed by atoms with Crippen LogP contribution in [0, 0.1) is 0 Å². The van der Waals surface area contributed by atoms with Crippen LogP contribution in [0.4, 0.5) is 0 Å². The molecule has 0 saturated heterocycles. The molecule has 3 aromatic carbocycles. The van der Waals surface area contributed by atoms with E-state index in [0.29, 0.717) is 13.2 Å². The summed E-state index contributed by atoms with van der Waals surface area (Å²) in [6.45, 7) is 9.44. The van der Waals surface area contributed by atoms with Crippen molar-refractivity contribution in [2.45, 2.75) is 27.0 Å². The Morgan fingerprint density at radius 3 is 2.47 bits per heavy atom. The Labute approximate surface area is 201 Å². The monoisotopic (exact) mass is 456 g/mol. The number of aromatic nitrogens is 1. The Balaban J connectivity index is 1.45. The maximum Gasteiger partial charge on any atom is 0.129 e. The molecule has 0 bridgehead atoms. The SMILES string of the molecule is CCN(CC)CCOc1ccc(Cn2c3c(c4cc(OC)ccc42)COc2ccccc2-3)cc1. The van der Waals surface area contributed by atoms with Crippen LogP contribution in [0.15, 0.2) is 66.7 Å². The first-order chi connectivity index (χ1) is 16.7. The number of likely N-dealkylation sites (N-methyl/N-ethyl adjacent to an activating group) is 1. The molecule has 2 heterocycles. The van der Waals surface area contributed by atoms with Gasteiger partial charge in [-0.25, -0.2) is 0 Å².